The second-order valence-corrected chi connectivity index (χ2v) is 2.26. The molecule has 0 spiro atoms. The number of hydrogen-bond donors (Lipinski definition) is 0. The summed E-state index contributed by atoms with van der Waals surface area (Å²) in [6.45, 7) is 2.86. The van der Waals surface area contributed by atoms with Crippen LogP contribution in [0.4, 0.5) is 8.78 Å². The molecule has 0 saturated carbocycles. The van der Waals surface area contributed by atoms with Crippen molar-refractivity contribution in [2.75, 3.05) is 7.11 Å². The van der Waals surface area contributed by atoms with E-state index >= 15 is 0 Å². The van der Waals surface area contributed by atoms with Gasteiger partial charge in [-0.3, -0.25) is 0 Å². The van der Waals surface area contributed by atoms with E-state index in [9.17, 15) is 13.6 Å². The van der Waals surface area contributed by atoms with E-state index in [4.69, 9.17) is 0 Å². The van der Waals surface area contributed by atoms with Crippen LogP contribution in [0.2, 0.25) is 0 Å². The molecule has 0 unspecified atom stereocenters. The number of carbonyl (C=O) groups is 1. The number of rotatable bonds is 3. The van der Waals surface area contributed by atoms with E-state index < -0.39 is 23.2 Å². The van der Waals surface area contributed by atoms with Gasteiger partial charge in [-0.05, 0) is 13.3 Å². The topological polar surface area (TPSA) is 26.3 Å². The maximum Gasteiger partial charge on any atom is 0.343 e. The number of halogens is 2. The predicted molar refractivity (Wildman–Crippen MR) is 45.3 cm³/mol. The molecule has 0 aliphatic carbocycles. The Balaban J connectivity index is 5.10. The second-order valence-electron chi connectivity index (χ2n) is 2.26. The number of hydrogen-bond acceptors (Lipinski definition) is 2. The molecule has 0 heterocycles. The van der Waals surface area contributed by atoms with Gasteiger partial charge in [0.25, 0.3) is 0 Å². The zero-order valence-electron chi connectivity index (χ0n) is 7.86. The highest BCUT2D eigenvalue weighted by Crippen LogP contribution is 2.20. The van der Waals surface area contributed by atoms with Crippen molar-refractivity contribution in [2.24, 2.45) is 0 Å². The van der Waals surface area contributed by atoms with Gasteiger partial charge in [-0.25, -0.2) is 13.6 Å². The third-order valence-electron chi connectivity index (χ3n) is 1.46. The lowest BCUT2D eigenvalue weighted by Gasteiger charge is -2.03. The number of carbonyl (C=O) groups excluding carboxylic acids is 1. The molecule has 0 aromatic rings. The fourth-order valence-corrected chi connectivity index (χ4v) is 0.761. The zero-order valence-corrected chi connectivity index (χ0v) is 7.86. The van der Waals surface area contributed by atoms with Gasteiger partial charge in [0.1, 0.15) is 17.2 Å². The molecule has 0 atom stereocenters. The van der Waals surface area contributed by atoms with E-state index in [0.717, 1.165) is 13.2 Å². The van der Waals surface area contributed by atoms with Gasteiger partial charge >= 0.3 is 5.97 Å². The molecule has 4 heteroatoms. The summed E-state index contributed by atoms with van der Waals surface area (Å²) in [6.07, 6.45) is 0.979. The fourth-order valence-electron chi connectivity index (χ4n) is 0.761. The minimum absolute atomic E-state index is 0.0360. The molecule has 0 fully saturated rings. The lowest BCUT2D eigenvalue weighted by molar-refractivity contribution is -0.136. The molecule has 0 saturated heterocycles. The standard InChI is InChI=1S/C9H12F2O2/c1-4-6(10)8(7(11)5-2)9(12)13-3/h4H,5H2,1-3H3/b6-4+,8-7-. The van der Waals surface area contributed by atoms with Gasteiger partial charge in [0, 0.05) is 0 Å². The van der Waals surface area contributed by atoms with E-state index in [1.807, 2.05) is 0 Å². The number of methoxy groups -OCH3 is 1. The van der Waals surface area contributed by atoms with Gasteiger partial charge in [-0.1, -0.05) is 13.0 Å². The van der Waals surface area contributed by atoms with E-state index in [0.29, 0.717) is 0 Å². The van der Waals surface area contributed by atoms with Gasteiger partial charge in [0.05, 0.1) is 7.11 Å². The molecule has 13 heavy (non-hydrogen) atoms. The quantitative estimate of drug-likeness (QED) is 0.388. The van der Waals surface area contributed by atoms with Crippen LogP contribution >= 0.6 is 0 Å². The van der Waals surface area contributed by atoms with Crippen molar-refractivity contribution in [2.45, 2.75) is 20.3 Å². The Bertz CT molecular complexity index is 254. The maximum absolute atomic E-state index is 13.0. The smallest absolute Gasteiger partial charge is 0.343 e. The van der Waals surface area contributed by atoms with Crippen molar-refractivity contribution in [1.82, 2.24) is 0 Å². The maximum atomic E-state index is 13.0. The van der Waals surface area contributed by atoms with Crippen LogP contribution in [0.3, 0.4) is 0 Å². The molecule has 0 N–H and O–H groups in total. The lowest BCUT2D eigenvalue weighted by atomic mass is 10.2. The van der Waals surface area contributed by atoms with Gasteiger partial charge in [0.15, 0.2) is 0 Å². The molecule has 0 radical (unpaired) electrons. The Morgan fingerprint density at radius 2 is 2.00 bits per heavy atom. The zero-order chi connectivity index (χ0) is 10.4. The first kappa shape index (κ1) is 11.8. The lowest BCUT2D eigenvalue weighted by Crippen LogP contribution is -2.07. The average molecular weight is 190 g/mol. The Hall–Kier alpha value is -1.19. The normalized spacial score (nSPS) is 13.8. The van der Waals surface area contributed by atoms with E-state index in [-0.39, 0.29) is 6.42 Å². The summed E-state index contributed by atoms with van der Waals surface area (Å²) in [7, 11) is 1.08. The minimum atomic E-state index is -0.991. The van der Waals surface area contributed by atoms with Crippen LogP contribution in [0.15, 0.2) is 23.3 Å². The third-order valence-corrected chi connectivity index (χ3v) is 1.46. The molecule has 0 amide bonds. The summed E-state index contributed by atoms with van der Waals surface area (Å²) in [5, 5.41) is 0. The molecule has 0 bridgehead atoms. The van der Waals surface area contributed by atoms with Crippen LogP contribution in [0, 0.1) is 0 Å². The summed E-state index contributed by atoms with van der Waals surface area (Å²) >= 11 is 0. The van der Waals surface area contributed by atoms with Crippen LogP contribution in [0.1, 0.15) is 20.3 Å². The van der Waals surface area contributed by atoms with E-state index in [1.165, 1.54) is 13.8 Å². The summed E-state index contributed by atoms with van der Waals surface area (Å²) in [6, 6.07) is 0. The molecule has 0 aliphatic heterocycles. The molecule has 74 valence electrons. The molecule has 0 aromatic heterocycles. The Morgan fingerprint density at radius 1 is 1.46 bits per heavy atom. The van der Waals surface area contributed by atoms with Crippen LogP contribution in [0.5, 0.6) is 0 Å². The monoisotopic (exact) mass is 190 g/mol. The Labute approximate surface area is 75.9 Å². The minimum Gasteiger partial charge on any atom is -0.465 e. The number of ether oxygens (including phenoxy) is 1. The summed E-state index contributed by atoms with van der Waals surface area (Å²) < 4.78 is 30.1. The van der Waals surface area contributed by atoms with Crippen LogP contribution < -0.4 is 0 Å². The largest absolute Gasteiger partial charge is 0.465 e. The molecular formula is C9H12F2O2. The first-order valence-corrected chi connectivity index (χ1v) is 3.87. The molecule has 0 rings (SSSR count). The van der Waals surface area contributed by atoms with Gasteiger partial charge in [-0.2, -0.15) is 0 Å². The SMILES string of the molecule is C/C=C(F)\C(C(=O)OC)=C(\F)CC. The van der Waals surface area contributed by atoms with Crippen LogP contribution in [-0.2, 0) is 9.53 Å². The van der Waals surface area contributed by atoms with Crippen molar-refractivity contribution >= 4 is 5.97 Å². The van der Waals surface area contributed by atoms with Crippen molar-refractivity contribution in [3.05, 3.63) is 23.3 Å². The highest BCUT2D eigenvalue weighted by molar-refractivity contribution is 5.93. The first-order chi connectivity index (χ1) is 6.08. The van der Waals surface area contributed by atoms with Crippen LogP contribution in [0.25, 0.3) is 0 Å². The number of allylic oxidation sites excluding steroid dienone is 2. The van der Waals surface area contributed by atoms with Gasteiger partial charge in [0.2, 0.25) is 0 Å². The highest BCUT2D eigenvalue weighted by Gasteiger charge is 2.19. The van der Waals surface area contributed by atoms with Gasteiger partial charge in [-0.15, -0.1) is 0 Å². The van der Waals surface area contributed by atoms with E-state index in [1.54, 1.807) is 0 Å². The third kappa shape index (κ3) is 2.97. The van der Waals surface area contributed by atoms with Crippen molar-refractivity contribution in [1.29, 1.82) is 0 Å². The van der Waals surface area contributed by atoms with Crippen LogP contribution in [-0.4, -0.2) is 13.1 Å². The highest BCUT2D eigenvalue weighted by atomic mass is 19.1. The Kier molecular flexibility index (Phi) is 4.96. The molecule has 2 nitrogen and oxygen atoms in total. The second kappa shape index (κ2) is 5.45. The summed E-state index contributed by atoms with van der Waals surface area (Å²) in [5.74, 6) is -2.69. The summed E-state index contributed by atoms with van der Waals surface area (Å²) in [5.41, 5.74) is -0.618. The Morgan fingerprint density at radius 3 is 2.31 bits per heavy atom. The molecule has 0 aliphatic rings. The first-order valence-electron chi connectivity index (χ1n) is 3.87. The van der Waals surface area contributed by atoms with E-state index in [2.05, 4.69) is 4.74 Å². The van der Waals surface area contributed by atoms with Crippen molar-refractivity contribution in [3.8, 4) is 0 Å². The molecular weight excluding hydrogens is 178 g/mol. The van der Waals surface area contributed by atoms with Crippen molar-refractivity contribution < 1.29 is 18.3 Å². The number of esters is 1. The van der Waals surface area contributed by atoms with Gasteiger partial charge < -0.3 is 4.74 Å². The summed E-state index contributed by atoms with van der Waals surface area (Å²) in [4.78, 5) is 10.9. The molecule has 0 aromatic carbocycles. The average Bonchev–Trinajstić information content (AvgIpc) is 2.16. The predicted octanol–water partition coefficient (Wildman–Crippen LogP) is 2.67. The van der Waals surface area contributed by atoms with Crippen molar-refractivity contribution in [3.63, 3.8) is 0 Å². The fraction of sp³-hybridized carbons (Fsp3) is 0.444.